The van der Waals surface area contributed by atoms with Crippen LogP contribution in [0.3, 0.4) is 0 Å². The van der Waals surface area contributed by atoms with Crippen molar-refractivity contribution in [2.75, 3.05) is 5.01 Å². The quantitative estimate of drug-likeness (QED) is 0.366. The Bertz CT molecular complexity index is 285. The molecule has 0 spiro atoms. The van der Waals surface area contributed by atoms with Gasteiger partial charge in [0.2, 0.25) is 0 Å². The first-order valence-electron chi connectivity index (χ1n) is 3.21. The van der Waals surface area contributed by atoms with E-state index in [9.17, 15) is 9.18 Å². The number of carbonyl (C=O) groups is 1. The van der Waals surface area contributed by atoms with Crippen molar-refractivity contribution in [1.29, 1.82) is 0 Å². The lowest BCUT2D eigenvalue weighted by Crippen LogP contribution is -2.41. The summed E-state index contributed by atoms with van der Waals surface area (Å²) in [5, 5.41) is 0.736. The van der Waals surface area contributed by atoms with Gasteiger partial charge >= 0.3 is 6.03 Å². The van der Waals surface area contributed by atoms with Gasteiger partial charge in [0.1, 0.15) is 5.82 Å². The van der Waals surface area contributed by atoms with Crippen molar-refractivity contribution < 1.29 is 9.18 Å². The van der Waals surface area contributed by atoms with Crippen LogP contribution < -0.4 is 16.6 Å². The molecule has 4 N–H and O–H groups in total. The molecule has 5 heteroatoms. The SMILES string of the molecule is NC(=O)N(N)c1ccc(F)cc1. The monoisotopic (exact) mass is 169 g/mol. The molecule has 0 saturated carbocycles. The van der Waals surface area contributed by atoms with Crippen LogP contribution in [0.25, 0.3) is 0 Å². The number of urea groups is 1. The fourth-order valence-electron chi connectivity index (χ4n) is 0.729. The van der Waals surface area contributed by atoms with E-state index < -0.39 is 11.8 Å². The Kier molecular flexibility index (Phi) is 2.25. The molecule has 12 heavy (non-hydrogen) atoms. The summed E-state index contributed by atoms with van der Waals surface area (Å²) in [6, 6.07) is 4.32. The molecule has 0 fully saturated rings. The highest BCUT2D eigenvalue weighted by atomic mass is 19.1. The highest BCUT2D eigenvalue weighted by Gasteiger charge is 2.05. The molecule has 0 radical (unpaired) electrons. The summed E-state index contributed by atoms with van der Waals surface area (Å²) in [6.45, 7) is 0. The number of hydrogen-bond donors (Lipinski definition) is 2. The Morgan fingerprint density at radius 1 is 1.33 bits per heavy atom. The zero-order chi connectivity index (χ0) is 9.14. The van der Waals surface area contributed by atoms with Gasteiger partial charge in [-0.3, -0.25) is 0 Å². The van der Waals surface area contributed by atoms with E-state index in [-0.39, 0.29) is 0 Å². The minimum Gasteiger partial charge on any atom is -0.350 e. The second-order valence-electron chi connectivity index (χ2n) is 2.18. The number of amides is 2. The Morgan fingerprint density at radius 2 is 1.83 bits per heavy atom. The molecule has 64 valence electrons. The number of hydrazine groups is 1. The third-order valence-electron chi connectivity index (χ3n) is 1.34. The van der Waals surface area contributed by atoms with Crippen LogP contribution in [0.1, 0.15) is 0 Å². The van der Waals surface area contributed by atoms with Gasteiger partial charge in [0.05, 0.1) is 5.69 Å². The smallest absolute Gasteiger partial charge is 0.333 e. The third-order valence-corrected chi connectivity index (χ3v) is 1.34. The van der Waals surface area contributed by atoms with E-state index in [1.54, 1.807) is 0 Å². The van der Waals surface area contributed by atoms with Crippen molar-refractivity contribution in [3.05, 3.63) is 30.1 Å². The second kappa shape index (κ2) is 3.19. The summed E-state index contributed by atoms with van der Waals surface area (Å²) in [6.07, 6.45) is 0. The first kappa shape index (κ1) is 8.48. The number of nitrogens with two attached hydrogens (primary N) is 2. The fraction of sp³-hybridized carbons (Fsp3) is 0. The molecular formula is C7H8FN3O. The number of halogens is 1. The predicted octanol–water partition coefficient (Wildman–Crippen LogP) is 0.585. The zero-order valence-electron chi connectivity index (χ0n) is 6.20. The molecule has 1 rings (SSSR count). The van der Waals surface area contributed by atoms with Crippen LogP contribution in [0.5, 0.6) is 0 Å². The number of nitrogens with zero attached hydrogens (tertiary/aromatic N) is 1. The van der Waals surface area contributed by atoms with Gasteiger partial charge in [-0.25, -0.2) is 20.0 Å². The highest BCUT2D eigenvalue weighted by Crippen LogP contribution is 2.10. The molecule has 0 aromatic heterocycles. The van der Waals surface area contributed by atoms with E-state index in [1.165, 1.54) is 24.3 Å². The van der Waals surface area contributed by atoms with Crippen LogP contribution in [-0.4, -0.2) is 6.03 Å². The minimum absolute atomic E-state index is 0.351. The maximum Gasteiger partial charge on any atom is 0.333 e. The van der Waals surface area contributed by atoms with Gasteiger partial charge in [-0.2, -0.15) is 0 Å². The molecule has 0 aliphatic carbocycles. The van der Waals surface area contributed by atoms with Gasteiger partial charge in [-0.05, 0) is 24.3 Å². The molecular weight excluding hydrogens is 161 g/mol. The largest absolute Gasteiger partial charge is 0.350 e. The molecule has 2 amide bonds. The maximum absolute atomic E-state index is 12.4. The average molecular weight is 169 g/mol. The lowest BCUT2D eigenvalue weighted by Gasteiger charge is -2.12. The highest BCUT2D eigenvalue weighted by molar-refractivity contribution is 5.89. The number of primary amides is 1. The lowest BCUT2D eigenvalue weighted by atomic mass is 10.3. The van der Waals surface area contributed by atoms with Gasteiger partial charge in [-0.15, -0.1) is 0 Å². The molecule has 0 heterocycles. The van der Waals surface area contributed by atoms with Gasteiger partial charge in [0, 0.05) is 0 Å². The fourth-order valence-corrected chi connectivity index (χ4v) is 0.729. The molecule has 0 saturated heterocycles. The molecule has 1 aromatic carbocycles. The summed E-state index contributed by atoms with van der Waals surface area (Å²) in [7, 11) is 0. The van der Waals surface area contributed by atoms with Crippen LogP contribution in [0.15, 0.2) is 24.3 Å². The van der Waals surface area contributed by atoms with Crippen molar-refractivity contribution in [3.8, 4) is 0 Å². The number of anilines is 1. The first-order chi connectivity index (χ1) is 5.61. The number of hydrogen-bond acceptors (Lipinski definition) is 2. The lowest BCUT2D eigenvalue weighted by molar-refractivity contribution is 0.254. The number of carbonyl (C=O) groups excluding carboxylic acids is 1. The minimum atomic E-state index is -0.790. The molecule has 0 atom stereocenters. The number of rotatable bonds is 1. The molecule has 4 nitrogen and oxygen atoms in total. The number of benzene rings is 1. The molecule has 0 aliphatic heterocycles. The standard InChI is InChI=1S/C7H8FN3O/c8-5-1-3-6(4-2-5)11(10)7(9)12/h1-4H,10H2,(H2,9,12). The zero-order valence-corrected chi connectivity index (χ0v) is 6.20. The van der Waals surface area contributed by atoms with Gasteiger partial charge < -0.3 is 5.73 Å². The topological polar surface area (TPSA) is 72.4 Å². The normalized spacial score (nSPS) is 9.50. The first-order valence-corrected chi connectivity index (χ1v) is 3.21. The van der Waals surface area contributed by atoms with E-state index >= 15 is 0 Å². The van der Waals surface area contributed by atoms with Crippen molar-refractivity contribution in [2.45, 2.75) is 0 Å². The average Bonchev–Trinajstić information content (AvgIpc) is 2.04. The summed E-state index contributed by atoms with van der Waals surface area (Å²) in [5.74, 6) is 4.83. The van der Waals surface area contributed by atoms with Crippen LogP contribution >= 0.6 is 0 Å². The van der Waals surface area contributed by atoms with Gasteiger partial charge in [0.15, 0.2) is 0 Å². The predicted molar refractivity (Wildman–Crippen MR) is 42.6 cm³/mol. The Balaban J connectivity index is 2.89. The summed E-state index contributed by atoms with van der Waals surface area (Å²) in [4.78, 5) is 10.5. The third kappa shape index (κ3) is 1.70. The van der Waals surface area contributed by atoms with E-state index in [0.29, 0.717) is 5.69 Å². The van der Waals surface area contributed by atoms with Crippen LogP contribution in [0, 0.1) is 5.82 Å². The van der Waals surface area contributed by atoms with Crippen LogP contribution in [0.2, 0.25) is 0 Å². The maximum atomic E-state index is 12.4. The summed E-state index contributed by atoms with van der Waals surface area (Å²) < 4.78 is 12.4. The Morgan fingerprint density at radius 3 is 2.25 bits per heavy atom. The van der Waals surface area contributed by atoms with Crippen LogP contribution in [-0.2, 0) is 0 Å². The van der Waals surface area contributed by atoms with E-state index in [0.717, 1.165) is 5.01 Å². The molecule has 0 bridgehead atoms. The Hall–Kier alpha value is -1.62. The second-order valence-corrected chi connectivity index (χ2v) is 2.18. The molecule has 1 aromatic rings. The Labute approximate surface area is 68.5 Å². The van der Waals surface area contributed by atoms with E-state index in [4.69, 9.17) is 11.6 Å². The summed E-state index contributed by atoms with van der Waals surface area (Å²) in [5.41, 5.74) is 5.23. The van der Waals surface area contributed by atoms with Crippen LogP contribution in [0.4, 0.5) is 14.9 Å². The molecule has 0 unspecified atom stereocenters. The van der Waals surface area contributed by atoms with Crippen molar-refractivity contribution in [3.63, 3.8) is 0 Å². The van der Waals surface area contributed by atoms with Crippen molar-refractivity contribution >= 4 is 11.7 Å². The molecule has 0 aliphatic rings. The van der Waals surface area contributed by atoms with Gasteiger partial charge in [-0.1, -0.05) is 0 Å². The summed E-state index contributed by atoms with van der Waals surface area (Å²) >= 11 is 0. The van der Waals surface area contributed by atoms with E-state index in [1.807, 2.05) is 0 Å². The van der Waals surface area contributed by atoms with Crippen molar-refractivity contribution in [1.82, 2.24) is 0 Å². The van der Waals surface area contributed by atoms with E-state index in [2.05, 4.69) is 0 Å². The van der Waals surface area contributed by atoms with Gasteiger partial charge in [0.25, 0.3) is 0 Å². The van der Waals surface area contributed by atoms with Crippen molar-refractivity contribution in [2.24, 2.45) is 11.6 Å².